The molecule has 0 atom stereocenters. The summed E-state index contributed by atoms with van der Waals surface area (Å²) in [4.78, 5) is 11.5. The van der Waals surface area contributed by atoms with E-state index < -0.39 is 5.97 Å². The number of hydrogen-bond donors (Lipinski definition) is 2. The number of carboxylic acid groups (broad SMARTS) is 1. The number of carbonyl (C=O) groups is 1. The highest BCUT2D eigenvalue weighted by atomic mass is 16.4. The number of rotatable bonds is 3. The summed E-state index contributed by atoms with van der Waals surface area (Å²) in [5, 5.41) is 13.7. The van der Waals surface area contributed by atoms with Gasteiger partial charge in [-0.2, -0.15) is 0 Å². The molecule has 0 amide bonds. The van der Waals surface area contributed by atoms with Crippen LogP contribution in [0.5, 0.6) is 0 Å². The van der Waals surface area contributed by atoms with E-state index >= 15 is 0 Å². The molecule has 0 fully saturated rings. The Bertz CT molecular complexity index is 671. The normalized spacial score (nSPS) is 14.0. The van der Waals surface area contributed by atoms with E-state index in [4.69, 9.17) is 0 Å². The second-order valence-corrected chi connectivity index (χ2v) is 5.16. The van der Waals surface area contributed by atoms with E-state index in [-0.39, 0.29) is 0 Å². The fourth-order valence-electron chi connectivity index (χ4n) is 3.05. The van der Waals surface area contributed by atoms with Crippen molar-refractivity contribution in [3.8, 4) is 0 Å². The number of aromatic carboxylic acids is 1. The second kappa shape index (κ2) is 4.38. The molecule has 0 aliphatic carbocycles. The van der Waals surface area contributed by atoms with Crippen LogP contribution in [-0.2, 0) is 19.6 Å². The van der Waals surface area contributed by atoms with Crippen molar-refractivity contribution in [2.45, 2.75) is 39.9 Å². The summed E-state index contributed by atoms with van der Waals surface area (Å²) < 4.78 is 2.14. The van der Waals surface area contributed by atoms with E-state index in [9.17, 15) is 9.90 Å². The van der Waals surface area contributed by atoms with Gasteiger partial charge in [-0.05, 0) is 36.6 Å². The van der Waals surface area contributed by atoms with Gasteiger partial charge in [-0.3, -0.25) is 0 Å². The lowest BCUT2D eigenvalue weighted by molar-refractivity contribution is 0.0698. The molecule has 1 aromatic heterocycles. The zero-order valence-corrected chi connectivity index (χ0v) is 11.3. The van der Waals surface area contributed by atoms with Crippen LogP contribution in [-0.4, -0.2) is 15.6 Å². The van der Waals surface area contributed by atoms with Crippen LogP contribution in [0.2, 0.25) is 0 Å². The number of aryl methyl sites for hydroxylation is 1. The van der Waals surface area contributed by atoms with Gasteiger partial charge in [0.2, 0.25) is 0 Å². The van der Waals surface area contributed by atoms with E-state index in [1.54, 1.807) is 0 Å². The minimum atomic E-state index is -0.830. The van der Waals surface area contributed by atoms with Gasteiger partial charge in [-0.25, -0.2) is 4.79 Å². The third-order valence-corrected chi connectivity index (χ3v) is 3.94. The Kier molecular flexibility index (Phi) is 2.82. The molecule has 0 spiro atoms. The minimum absolute atomic E-state index is 0.457. The summed E-state index contributed by atoms with van der Waals surface area (Å²) in [6.07, 6.45) is 0.999. The summed E-state index contributed by atoms with van der Waals surface area (Å²) in [5.41, 5.74) is 4.89. The summed E-state index contributed by atoms with van der Waals surface area (Å²) >= 11 is 0. The number of carboxylic acids is 1. The number of fused-ring (bicyclic) bond motifs is 2. The molecule has 0 bridgehead atoms. The zero-order valence-electron chi connectivity index (χ0n) is 11.3. The predicted octanol–water partition coefficient (Wildman–Crippen LogP) is 2.66. The summed E-state index contributed by atoms with van der Waals surface area (Å²) in [6, 6.07) is 4.20. The zero-order chi connectivity index (χ0) is 13.6. The molecule has 0 saturated carbocycles. The van der Waals surface area contributed by atoms with Crippen molar-refractivity contribution in [1.82, 2.24) is 9.88 Å². The molecular formula is C15H18N2O2. The van der Waals surface area contributed by atoms with Crippen LogP contribution in [0.15, 0.2) is 12.1 Å². The number of nitrogens with zero attached hydrogens (tertiary/aromatic N) is 1. The maximum atomic E-state index is 11.5. The van der Waals surface area contributed by atoms with Crippen molar-refractivity contribution < 1.29 is 9.90 Å². The Morgan fingerprint density at radius 1 is 1.37 bits per heavy atom. The average molecular weight is 258 g/mol. The lowest BCUT2D eigenvalue weighted by Crippen LogP contribution is -2.03. The molecule has 3 rings (SSSR count). The van der Waals surface area contributed by atoms with Crippen LogP contribution in [0.4, 0.5) is 0 Å². The highest BCUT2D eigenvalue weighted by Gasteiger charge is 2.22. The van der Waals surface area contributed by atoms with Gasteiger partial charge < -0.3 is 15.0 Å². The maximum absolute atomic E-state index is 11.5. The van der Waals surface area contributed by atoms with Gasteiger partial charge >= 0.3 is 5.97 Å². The maximum Gasteiger partial charge on any atom is 0.338 e. The van der Waals surface area contributed by atoms with Gasteiger partial charge in [0, 0.05) is 36.2 Å². The Hall–Kier alpha value is -1.81. The molecule has 1 aliphatic rings. The molecule has 0 radical (unpaired) electrons. The molecule has 2 heterocycles. The van der Waals surface area contributed by atoms with Crippen LogP contribution in [0, 0.1) is 6.92 Å². The molecule has 0 saturated heterocycles. The molecule has 4 heteroatoms. The topological polar surface area (TPSA) is 54.3 Å². The summed E-state index contributed by atoms with van der Waals surface area (Å²) in [7, 11) is 0. The van der Waals surface area contributed by atoms with Gasteiger partial charge in [0.05, 0.1) is 5.56 Å². The van der Waals surface area contributed by atoms with E-state index in [0.29, 0.717) is 5.56 Å². The molecule has 1 aliphatic heterocycles. The molecule has 1 aromatic carbocycles. The fraction of sp³-hybridized carbons (Fsp3) is 0.400. The first-order valence-corrected chi connectivity index (χ1v) is 6.72. The highest BCUT2D eigenvalue weighted by Crippen LogP contribution is 2.30. The van der Waals surface area contributed by atoms with Crippen molar-refractivity contribution >= 4 is 16.9 Å². The number of nitrogens with one attached hydrogen (secondary N) is 1. The van der Waals surface area contributed by atoms with Gasteiger partial charge in [0.25, 0.3) is 0 Å². The van der Waals surface area contributed by atoms with Crippen molar-refractivity contribution in [2.24, 2.45) is 0 Å². The smallest absolute Gasteiger partial charge is 0.338 e. The number of benzene rings is 1. The van der Waals surface area contributed by atoms with Gasteiger partial charge in [-0.15, -0.1) is 0 Å². The molecule has 19 heavy (non-hydrogen) atoms. The first-order chi connectivity index (χ1) is 9.13. The van der Waals surface area contributed by atoms with E-state index in [1.807, 2.05) is 13.0 Å². The van der Waals surface area contributed by atoms with Crippen LogP contribution in [0.1, 0.15) is 40.5 Å². The van der Waals surface area contributed by atoms with Crippen molar-refractivity contribution in [1.29, 1.82) is 0 Å². The largest absolute Gasteiger partial charge is 0.478 e. The average Bonchev–Trinajstić information content (AvgIpc) is 2.90. The van der Waals surface area contributed by atoms with E-state index in [0.717, 1.165) is 42.7 Å². The van der Waals surface area contributed by atoms with Gasteiger partial charge in [0.1, 0.15) is 0 Å². The Balaban J connectivity index is 2.35. The van der Waals surface area contributed by atoms with Crippen molar-refractivity contribution in [2.75, 3.05) is 0 Å². The minimum Gasteiger partial charge on any atom is -0.478 e. The molecule has 2 aromatic rings. The fourth-order valence-corrected chi connectivity index (χ4v) is 3.05. The Morgan fingerprint density at radius 3 is 2.68 bits per heavy atom. The second-order valence-electron chi connectivity index (χ2n) is 5.16. The molecular weight excluding hydrogens is 240 g/mol. The third-order valence-electron chi connectivity index (χ3n) is 3.94. The summed E-state index contributed by atoms with van der Waals surface area (Å²) in [5.74, 6) is -0.830. The van der Waals surface area contributed by atoms with Crippen LogP contribution in [0.25, 0.3) is 10.9 Å². The first-order valence-electron chi connectivity index (χ1n) is 6.72. The Labute approximate surface area is 112 Å². The Morgan fingerprint density at radius 2 is 2.05 bits per heavy atom. The molecule has 4 nitrogen and oxygen atoms in total. The number of hydrogen-bond acceptors (Lipinski definition) is 2. The van der Waals surface area contributed by atoms with Gasteiger partial charge in [0.15, 0.2) is 0 Å². The first kappa shape index (κ1) is 12.2. The molecule has 100 valence electrons. The molecule has 2 N–H and O–H groups in total. The van der Waals surface area contributed by atoms with Gasteiger partial charge in [-0.1, -0.05) is 6.92 Å². The predicted molar refractivity (Wildman–Crippen MR) is 74.5 cm³/mol. The van der Waals surface area contributed by atoms with E-state index in [2.05, 4.69) is 22.9 Å². The van der Waals surface area contributed by atoms with Crippen LogP contribution in [0.3, 0.4) is 0 Å². The van der Waals surface area contributed by atoms with Crippen molar-refractivity contribution in [3.05, 3.63) is 34.5 Å². The lowest BCUT2D eigenvalue weighted by Gasteiger charge is -2.07. The SMILES string of the molecule is CCCn1c(C)c(C(=O)O)c2cc3c(cc21)CNC3. The highest BCUT2D eigenvalue weighted by molar-refractivity contribution is 6.05. The van der Waals surface area contributed by atoms with E-state index in [1.165, 1.54) is 11.1 Å². The van der Waals surface area contributed by atoms with Crippen LogP contribution < -0.4 is 5.32 Å². The third kappa shape index (κ3) is 1.75. The quantitative estimate of drug-likeness (QED) is 0.890. The molecule has 0 unspecified atom stereocenters. The number of aromatic nitrogens is 1. The standard InChI is InChI=1S/C15H18N2O2/c1-3-4-17-9(2)14(15(18)19)12-5-10-7-16-8-11(10)6-13(12)17/h5-6,16H,3-4,7-8H2,1-2H3,(H,18,19). The monoisotopic (exact) mass is 258 g/mol. The summed E-state index contributed by atoms with van der Waals surface area (Å²) in [6.45, 7) is 6.59. The van der Waals surface area contributed by atoms with Crippen molar-refractivity contribution in [3.63, 3.8) is 0 Å². The van der Waals surface area contributed by atoms with Crippen LogP contribution >= 0.6 is 0 Å². The lowest BCUT2D eigenvalue weighted by atomic mass is 10.0.